The number of esters is 1. The largest absolute Gasteiger partial charge is 0.508 e. The summed E-state index contributed by atoms with van der Waals surface area (Å²) >= 11 is 0. The standard InChI is InChI=1S/C27H24F5NO4/c1-3-36-26(35)20-7-16-12-33-25(9-15(16)6-14(20)2)37-13-17-8-21(19-5-4-18(34)10-24(19)29)22(11-23(17)28)27(30,31)32/h4-5,8-12,14,20,34H,3,6-7,13H2,1-2H3/t14-,20+/m0/s1. The Hall–Kier alpha value is -3.69. The highest BCUT2D eigenvalue weighted by Gasteiger charge is 2.36. The number of rotatable bonds is 6. The molecule has 1 aromatic heterocycles. The first-order valence-corrected chi connectivity index (χ1v) is 11.6. The molecule has 0 fully saturated rings. The Kier molecular flexibility index (Phi) is 7.38. The Bertz CT molecular complexity index is 1320. The molecule has 4 rings (SSSR count). The normalized spacial score (nSPS) is 17.3. The Labute approximate surface area is 209 Å². The van der Waals surface area contributed by atoms with E-state index in [1.165, 1.54) is 0 Å². The second-order valence-electron chi connectivity index (χ2n) is 8.98. The molecule has 2 aromatic carbocycles. The summed E-state index contributed by atoms with van der Waals surface area (Å²) in [5.74, 6) is -3.12. The number of aromatic hydroxyl groups is 1. The van der Waals surface area contributed by atoms with Gasteiger partial charge in [0, 0.05) is 29.5 Å². The first kappa shape index (κ1) is 26.4. The highest BCUT2D eigenvalue weighted by molar-refractivity contribution is 5.74. The van der Waals surface area contributed by atoms with Crippen molar-refractivity contribution >= 4 is 5.97 Å². The van der Waals surface area contributed by atoms with Crippen LogP contribution in [0.1, 0.15) is 36.1 Å². The lowest BCUT2D eigenvalue weighted by Gasteiger charge is -2.29. The molecule has 2 atom stereocenters. The van der Waals surface area contributed by atoms with Crippen molar-refractivity contribution in [3.63, 3.8) is 0 Å². The van der Waals surface area contributed by atoms with E-state index in [9.17, 15) is 31.9 Å². The van der Waals surface area contributed by atoms with Crippen LogP contribution in [0.25, 0.3) is 11.1 Å². The number of alkyl halides is 3. The average Bonchev–Trinajstić information content (AvgIpc) is 2.82. The van der Waals surface area contributed by atoms with Gasteiger partial charge in [-0.3, -0.25) is 4.79 Å². The Morgan fingerprint density at radius 1 is 1.05 bits per heavy atom. The molecule has 3 aromatic rings. The number of halogens is 5. The lowest BCUT2D eigenvalue weighted by atomic mass is 9.77. The number of pyridine rings is 1. The molecule has 10 heteroatoms. The molecule has 0 radical (unpaired) electrons. The lowest BCUT2D eigenvalue weighted by Crippen LogP contribution is -2.31. The number of benzene rings is 2. The van der Waals surface area contributed by atoms with E-state index in [0.717, 1.165) is 29.3 Å². The van der Waals surface area contributed by atoms with Crippen LogP contribution in [0.5, 0.6) is 11.6 Å². The minimum atomic E-state index is -4.95. The van der Waals surface area contributed by atoms with Crippen molar-refractivity contribution in [2.45, 2.75) is 39.5 Å². The van der Waals surface area contributed by atoms with Gasteiger partial charge in [-0.05, 0) is 66.6 Å². The van der Waals surface area contributed by atoms with Gasteiger partial charge in [0.2, 0.25) is 5.88 Å². The lowest BCUT2D eigenvalue weighted by molar-refractivity contribution is -0.150. The van der Waals surface area contributed by atoms with Gasteiger partial charge in [0.1, 0.15) is 24.0 Å². The van der Waals surface area contributed by atoms with Gasteiger partial charge in [-0.2, -0.15) is 13.2 Å². The van der Waals surface area contributed by atoms with E-state index in [0.29, 0.717) is 31.6 Å². The smallest absolute Gasteiger partial charge is 0.417 e. The van der Waals surface area contributed by atoms with Gasteiger partial charge in [0.15, 0.2) is 0 Å². The molecular formula is C27H24F5NO4. The van der Waals surface area contributed by atoms with Crippen LogP contribution in [-0.2, 0) is 35.2 Å². The summed E-state index contributed by atoms with van der Waals surface area (Å²) in [6, 6.07) is 5.57. The summed E-state index contributed by atoms with van der Waals surface area (Å²) in [4.78, 5) is 16.4. The van der Waals surface area contributed by atoms with Crippen molar-refractivity contribution in [1.29, 1.82) is 0 Å². The first-order valence-electron chi connectivity index (χ1n) is 11.6. The predicted octanol–water partition coefficient (Wildman–Crippen LogP) is 6.24. The fourth-order valence-electron chi connectivity index (χ4n) is 4.51. The number of phenolic OH excluding ortho intramolecular Hbond substituents is 1. The summed E-state index contributed by atoms with van der Waals surface area (Å²) in [7, 11) is 0. The van der Waals surface area contributed by atoms with Crippen LogP contribution in [0.2, 0.25) is 0 Å². The van der Waals surface area contributed by atoms with E-state index in [1.807, 2.05) is 6.92 Å². The van der Waals surface area contributed by atoms with Crippen LogP contribution in [-0.4, -0.2) is 22.7 Å². The third kappa shape index (κ3) is 5.68. The molecule has 1 aliphatic carbocycles. The number of nitrogens with zero attached hydrogens (tertiary/aromatic N) is 1. The Balaban J connectivity index is 1.59. The van der Waals surface area contributed by atoms with Crippen molar-refractivity contribution in [1.82, 2.24) is 4.98 Å². The monoisotopic (exact) mass is 521 g/mol. The first-order chi connectivity index (χ1) is 17.5. The molecule has 5 nitrogen and oxygen atoms in total. The summed E-state index contributed by atoms with van der Waals surface area (Å²) in [5.41, 5.74) is -0.848. The molecule has 37 heavy (non-hydrogen) atoms. The van der Waals surface area contributed by atoms with E-state index in [1.54, 1.807) is 19.2 Å². The second kappa shape index (κ2) is 10.4. The molecule has 1 N–H and O–H groups in total. The number of ether oxygens (including phenoxy) is 2. The van der Waals surface area contributed by atoms with Gasteiger partial charge in [0.25, 0.3) is 0 Å². The van der Waals surface area contributed by atoms with Gasteiger partial charge in [-0.1, -0.05) is 6.92 Å². The topological polar surface area (TPSA) is 68.7 Å². The van der Waals surface area contributed by atoms with E-state index >= 15 is 0 Å². The Morgan fingerprint density at radius 3 is 2.49 bits per heavy atom. The van der Waals surface area contributed by atoms with Gasteiger partial charge in [0.05, 0.1) is 18.1 Å². The maximum absolute atomic E-state index is 14.7. The van der Waals surface area contributed by atoms with Crippen LogP contribution in [0.3, 0.4) is 0 Å². The molecule has 0 amide bonds. The van der Waals surface area contributed by atoms with Crippen molar-refractivity contribution in [3.8, 4) is 22.8 Å². The van der Waals surface area contributed by atoms with Crippen molar-refractivity contribution in [2.75, 3.05) is 6.61 Å². The van der Waals surface area contributed by atoms with Crippen LogP contribution < -0.4 is 4.74 Å². The van der Waals surface area contributed by atoms with Crippen molar-refractivity contribution in [2.24, 2.45) is 11.8 Å². The summed E-state index contributed by atoms with van der Waals surface area (Å²) in [5, 5.41) is 9.42. The molecule has 0 spiro atoms. The second-order valence-corrected chi connectivity index (χ2v) is 8.98. The summed E-state index contributed by atoms with van der Waals surface area (Å²) in [6.45, 7) is 3.52. The number of hydrogen-bond acceptors (Lipinski definition) is 5. The molecule has 0 aliphatic heterocycles. The van der Waals surface area contributed by atoms with Gasteiger partial charge >= 0.3 is 12.1 Å². The number of fused-ring (bicyclic) bond motifs is 1. The van der Waals surface area contributed by atoms with Gasteiger partial charge in [-0.15, -0.1) is 0 Å². The maximum atomic E-state index is 14.7. The van der Waals surface area contributed by atoms with E-state index in [2.05, 4.69) is 4.98 Å². The highest BCUT2D eigenvalue weighted by Crippen LogP contribution is 2.40. The third-order valence-electron chi connectivity index (χ3n) is 6.43. The van der Waals surface area contributed by atoms with E-state index < -0.39 is 46.9 Å². The zero-order chi connectivity index (χ0) is 26.9. The zero-order valence-electron chi connectivity index (χ0n) is 20.0. The molecule has 1 heterocycles. The molecule has 1 aliphatic rings. The highest BCUT2D eigenvalue weighted by atomic mass is 19.4. The predicted molar refractivity (Wildman–Crippen MR) is 124 cm³/mol. The quantitative estimate of drug-likeness (QED) is 0.307. The summed E-state index contributed by atoms with van der Waals surface area (Å²) in [6.07, 6.45) is -2.37. The molecule has 0 saturated heterocycles. The Morgan fingerprint density at radius 2 is 1.81 bits per heavy atom. The fraction of sp³-hybridized carbons (Fsp3) is 0.333. The van der Waals surface area contributed by atoms with Crippen molar-refractivity contribution in [3.05, 3.63) is 76.5 Å². The molecular weight excluding hydrogens is 497 g/mol. The number of carbonyl (C=O) groups excluding carboxylic acids is 1. The molecule has 0 bridgehead atoms. The number of carbonyl (C=O) groups is 1. The fourth-order valence-corrected chi connectivity index (χ4v) is 4.51. The van der Waals surface area contributed by atoms with Crippen LogP contribution in [0.4, 0.5) is 22.0 Å². The number of hydrogen-bond donors (Lipinski definition) is 1. The van der Waals surface area contributed by atoms with Gasteiger partial charge < -0.3 is 14.6 Å². The van der Waals surface area contributed by atoms with E-state index in [4.69, 9.17) is 9.47 Å². The molecule has 0 saturated carbocycles. The molecule has 196 valence electrons. The summed E-state index contributed by atoms with van der Waals surface area (Å²) < 4.78 is 80.7. The minimum Gasteiger partial charge on any atom is -0.508 e. The molecule has 0 unspecified atom stereocenters. The minimum absolute atomic E-state index is 0.0110. The number of aromatic nitrogens is 1. The van der Waals surface area contributed by atoms with Crippen LogP contribution in [0, 0.1) is 23.5 Å². The van der Waals surface area contributed by atoms with Gasteiger partial charge in [-0.25, -0.2) is 13.8 Å². The third-order valence-corrected chi connectivity index (χ3v) is 6.43. The zero-order valence-corrected chi connectivity index (χ0v) is 20.0. The van der Waals surface area contributed by atoms with Crippen LogP contribution >= 0.6 is 0 Å². The SMILES string of the molecule is CCOC(=O)[C@@H]1Cc2cnc(OCc3cc(-c4ccc(O)cc4F)c(C(F)(F)F)cc3F)cc2C[C@@H]1C. The van der Waals surface area contributed by atoms with Crippen LogP contribution in [0.15, 0.2) is 42.6 Å². The maximum Gasteiger partial charge on any atom is 0.417 e. The average molecular weight is 521 g/mol. The van der Waals surface area contributed by atoms with E-state index in [-0.39, 0.29) is 29.2 Å². The van der Waals surface area contributed by atoms with Crippen molar-refractivity contribution < 1.29 is 41.3 Å². The number of phenols is 1.